The minimum Gasteiger partial charge on any atom is -0.493 e. The Balaban J connectivity index is 1.75. The molecule has 2 amide bonds. The van der Waals surface area contributed by atoms with Crippen LogP contribution in [0, 0.1) is 6.92 Å². The van der Waals surface area contributed by atoms with E-state index < -0.39 is 24.0 Å². The Labute approximate surface area is 252 Å². The average molecular weight is 611 g/mol. The van der Waals surface area contributed by atoms with Crippen molar-refractivity contribution in [1.29, 1.82) is 0 Å². The van der Waals surface area contributed by atoms with Crippen LogP contribution >= 0.6 is 11.3 Å². The van der Waals surface area contributed by atoms with Gasteiger partial charge in [-0.05, 0) is 61.6 Å². The van der Waals surface area contributed by atoms with Gasteiger partial charge in [0.05, 0.1) is 40.2 Å². The van der Waals surface area contributed by atoms with Crippen molar-refractivity contribution in [3.8, 4) is 28.4 Å². The van der Waals surface area contributed by atoms with Crippen molar-refractivity contribution in [2.45, 2.75) is 45.7 Å². The highest BCUT2D eigenvalue weighted by Crippen LogP contribution is 2.50. The van der Waals surface area contributed by atoms with Crippen LogP contribution in [0.5, 0.6) is 17.2 Å². The Morgan fingerprint density at radius 3 is 2.40 bits per heavy atom. The zero-order valence-electron chi connectivity index (χ0n) is 25.0. The first kappa shape index (κ1) is 31.3. The molecule has 43 heavy (non-hydrogen) atoms. The van der Waals surface area contributed by atoms with Crippen molar-refractivity contribution >= 4 is 39.9 Å². The standard InChI is InChI=1S/C30H34N4O8S/c1-14(28(37)34-30-33-25(15(2)43-30)29(38)42-7)31-21-11-9-18-19(13-22(21)36)20(32-16(3)35)10-8-17-12-23(39-4)26(40-5)27(41-6)24(17)18/h9,11-14,20H,8,10H2,1-7H3,(H,31,36)(H,32,35)(H,33,34,37). The fraction of sp³-hybridized carbons (Fsp3) is 0.367. The van der Waals surface area contributed by atoms with E-state index in [1.54, 1.807) is 33.1 Å². The second-order valence-corrected chi connectivity index (χ2v) is 11.1. The number of nitrogens with zero attached hydrogens (tertiary/aromatic N) is 1. The largest absolute Gasteiger partial charge is 0.493 e. The summed E-state index contributed by atoms with van der Waals surface area (Å²) < 4.78 is 21.7. The predicted molar refractivity (Wildman–Crippen MR) is 163 cm³/mol. The minimum atomic E-state index is -0.849. The lowest BCUT2D eigenvalue weighted by Crippen LogP contribution is -2.33. The van der Waals surface area contributed by atoms with Crippen LogP contribution in [0.15, 0.2) is 29.1 Å². The van der Waals surface area contributed by atoms with Crippen LogP contribution in [0.3, 0.4) is 0 Å². The number of nitrogens with one attached hydrogen (secondary N) is 3. The van der Waals surface area contributed by atoms with E-state index in [-0.39, 0.29) is 27.8 Å². The fourth-order valence-electron chi connectivity index (χ4n) is 5.08. The SMILES string of the molecule is COC(=O)c1nc(NC(=O)C(C)Nc2ccc3c(cc2=O)C(NC(C)=O)CCc2cc(OC)c(OC)c(OC)c2-3)sc1C. The summed E-state index contributed by atoms with van der Waals surface area (Å²) in [5.41, 5.74) is 2.80. The molecule has 1 aliphatic carbocycles. The number of thiazole rings is 1. The molecule has 2 aromatic carbocycles. The van der Waals surface area contributed by atoms with Crippen LogP contribution in [0.2, 0.25) is 0 Å². The Bertz CT molecular complexity index is 1640. The molecular weight excluding hydrogens is 576 g/mol. The number of aryl methyl sites for hydroxylation is 2. The smallest absolute Gasteiger partial charge is 0.357 e. The normalized spacial score (nSPS) is 14.3. The third kappa shape index (κ3) is 6.41. The number of hydrogen-bond acceptors (Lipinski definition) is 11. The molecule has 1 heterocycles. The van der Waals surface area contributed by atoms with Crippen LogP contribution in [0.4, 0.5) is 10.8 Å². The molecular formula is C30H34N4O8S. The van der Waals surface area contributed by atoms with E-state index in [2.05, 4.69) is 20.9 Å². The Hall–Kier alpha value is -4.65. The van der Waals surface area contributed by atoms with Gasteiger partial charge < -0.3 is 34.9 Å². The molecule has 12 nitrogen and oxygen atoms in total. The first-order valence-corrected chi connectivity index (χ1v) is 14.2. The van der Waals surface area contributed by atoms with Gasteiger partial charge >= 0.3 is 5.97 Å². The van der Waals surface area contributed by atoms with Gasteiger partial charge in [-0.25, -0.2) is 9.78 Å². The molecule has 0 saturated carbocycles. The van der Waals surface area contributed by atoms with E-state index in [9.17, 15) is 19.2 Å². The van der Waals surface area contributed by atoms with Gasteiger partial charge in [-0.15, -0.1) is 11.3 Å². The summed E-state index contributed by atoms with van der Waals surface area (Å²) in [5.74, 6) is 0.0427. The Kier molecular flexibility index (Phi) is 9.54. The van der Waals surface area contributed by atoms with Crippen LogP contribution < -0.4 is 35.6 Å². The maximum atomic E-state index is 13.6. The van der Waals surface area contributed by atoms with Crippen molar-refractivity contribution in [3.05, 3.63) is 56.2 Å². The van der Waals surface area contributed by atoms with Crippen LogP contribution in [0.25, 0.3) is 11.1 Å². The summed E-state index contributed by atoms with van der Waals surface area (Å²) in [5, 5.41) is 8.87. The number of hydrogen-bond donors (Lipinski definition) is 3. The second kappa shape index (κ2) is 13.1. The monoisotopic (exact) mass is 610 g/mol. The van der Waals surface area contributed by atoms with Crippen molar-refractivity contribution in [2.24, 2.45) is 0 Å². The third-order valence-corrected chi connectivity index (χ3v) is 7.97. The number of benzene rings is 1. The van der Waals surface area contributed by atoms with E-state index in [1.165, 1.54) is 34.3 Å². The second-order valence-electron chi connectivity index (χ2n) is 9.87. The lowest BCUT2D eigenvalue weighted by Gasteiger charge is -2.19. The molecule has 0 radical (unpaired) electrons. The third-order valence-electron chi connectivity index (χ3n) is 7.09. The van der Waals surface area contributed by atoms with Gasteiger partial charge in [-0.1, -0.05) is 6.07 Å². The minimum absolute atomic E-state index is 0.125. The van der Waals surface area contributed by atoms with E-state index in [0.717, 1.165) is 22.5 Å². The molecule has 2 unspecified atom stereocenters. The molecule has 1 aromatic heterocycles. The van der Waals surface area contributed by atoms with Crippen LogP contribution in [-0.2, 0) is 20.7 Å². The number of ether oxygens (including phenoxy) is 4. The highest BCUT2D eigenvalue weighted by Gasteiger charge is 2.30. The van der Waals surface area contributed by atoms with Crippen LogP contribution in [0.1, 0.15) is 52.8 Å². The lowest BCUT2D eigenvalue weighted by atomic mass is 9.95. The van der Waals surface area contributed by atoms with Crippen molar-refractivity contribution in [3.63, 3.8) is 0 Å². The summed E-state index contributed by atoms with van der Waals surface area (Å²) in [6.45, 7) is 4.73. The van der Waals surface area contributed by atoms with Gasteiger partial charge in [-0.2, -0.15) is 0 Å². The van der Waals surface area contributed by atoms with E-state index in [1.807, 2.05) is 6.07 Å². The number of aromatic nitrogens is 1. The number of esters is 1. The Morgan fingerprint density at radius 2 is 1.77 bits per heavy atom. The number of carbonyl (C=O) groups excluding carboxylic acids is 3. The fourth-order valence-corrected chi connectivity index (χ4v) is 5.88. The van der Waals surface area contributed by atoms with E-state index in [4.69, 9.17) is 18.9 Å². The number of amides is 2. The molecule has 3 aromatic rings. The predicted octanol–water partition coefficient (Wildman–Crippen LogP) is 3.85. The molecule has 3 N–H and O–H groups in total. The van der Waals surface area contributed by atoms with Gasteiger partial charge in [0.2, 0.25) is 23.0 Å². The number of fused-ring (bicyclic) bond motifs is 3. The maximum Gasteiger partial charge on any atom is 0.357 e. The Morgan fingerprint density at radius 1 is 1.05 bits per heavy atom. The molecule has 0 bridgehead atoms. The zero-order valence-corrected chi connectivity index (χ0v) is 25.8. The number of carbonyl (C=O) groups is 3. The van der Waals surface area contributed by atoms with Crippen LogP contribution in [-0.4, -0.2) is 57.2 Å². The first-order chi connectivity index (χ1) is 20.5. The highest BCUT2D eigenvalue weighted by molar-refractivity contribution is 7.16. The van der Waals surface area contributed by atoms with Gasteiger partial charge in [0.25, 0.3) is 0 Å². The molecule has 2 atom stereocenters. The highest BCUT2D eigenvalue weighted by atomic mass is 32.1. The van der Waals surface area contributed by atoms with E-state index >= 15 is 0 Å². The maximum absolute atomic E-state index is 13.6. The molecule has 13 heteroatoms. The van der Waals surface area contributed by atoms with Gasteiger partial charge in [-0.3, -0.25) is 14.4 Å². The lowest BCUT2D eigenvalue weighted by molar-refractivity contribution is -0.119. The molecule has 228 valence electrons. The molecule has 0 saturated heterocycles. The average Bonchev–Trinajstić information content (AvgIpc) is 3.19. The van der Waals surface area contributed by atoms with Gasteiger partial charge in [0.1, 0.15) is 6.04 Å². The quantitative estimate of drug-likeness (QED) is 0.304. The number of anilines is 2. The van der Waals surface area contributed by atoms with E-state index in [0.29, 0.717) is 46.1 Å². The van der Waals surface area contributed by atoms with Crippen molar-refractivity contribution < 1.29 is 33.3 Å². The van der Waals surface area contributed by atoms with Crippen molar-refractivity contribution in [1.82, 2.24) is 10.3 Å². The number of rotatable bonds is 9. The summed E-state index contributed by atoms with van der Waals surface area (Å²) in [6.07, 6.45) is 1.09. The molecule has 0 spiro atoms. The first-order valence-electron chi connectivity index (χ1n) is 13.4. The number of methoxy groups -OCH3 is 4. The summed E-state index contributed by atoms with van der Waals surface area (Å²) in [4.78, 5) is 55.4. The molecule has 0 fully saturated rings. The van der Waals surface area contributed by atoms with Gasteiger partial charge in [0.15, 0.2) is 22.3 Å². The summed E-state index contributed by atoms with van der Waals surface area (Å²) >= 11 is 1.14. The molecule has 4 rings (SSSR count). The molecule has 0 aliphatic heterocycles. The summed E-state index contributed by atoms with van der Waals surface area (Å²) in [6, 6.07) is 5.40. The van der Waals surface area contributed by atoms with Crippen molar-refractivity contribution in [2.75, 3.05) is 39.1 Å². The zero-order chi connectivity index (χ0) is 31.4. The topological polar surface area (TPSA) is 154 Å². The van der Waals surface area contributed by atoms with Gasteiger partial charge in [0, 0.05) is 17.4 Å². The summed E-state index contributed by atoms with van der Waals surface area (Å²) in [7, 11) is 5.84. The molecule has 1 aliphatic rings.